The molecule has 0 radical (unpaired) electrons. The summed E-state index contributed by atoms with van der Waals surface area (Å²) in [5, 5.41) is 7.98. The largest absolute Gasteiger partial charge is 0.454 e. The smallest absolute Gasteiger partial charge is 0.243 e. The summed E-state index contributed by atoms with van der Waals surface area (Å²) in [6, 6.07) is 5.11. The molecule has 4 aromatic rings. The third-order valence-corrected chi connectivity index (χ3v) is 7.16. The van der Waals surface area contributed by atoms with E-state index in [4.69, 9.17) is 10.5 Å². The van der Waals surface area contributed by atoms with Crippen LogP contribution in [0.4, 0.5) is 19.0 Å². The quantitative estimate of drug-likeness (QED) is 0.308. The van der Waals surface area contributed by atoms with Gasteiger partial charge in [0.2, 0.25) is 11.7 Å². The fraction of sp³-hybridized carbons (Fsp3) is 0.286. The Balaban J connectivity index is 1.45. The van der Waals surface area contributed by atoms with Crippen molar-refractivity contribution in [3.8, 4) is 22.8 Å². The number of fused-ring (bicyclic) bond motifs is 1. The van der Waals surface area contributed by atoms with E-state index in [1.165, 1.54) is 24.5 Å². The summed E-state index contributed by atoms with van der Waals surface area (Å²) in [5.41, 5.74) is 7.92. The van der Waals surface area contributed by atoms with Crippen LogP contribution < -0.4 is 15.8 Å². The highest BCUT2D eigenvalue weighted by Crippen LogP contribution is 2.37. The van der Waals surface area contributed by atoms with Gasteiger partial charge < -0.3 is 15.8 Å². The lowest BCUT2D eigenvalue weighted by Crippen LogP contribution is -2.31. The van der Waals surface area contributed by atoms with Gasteiger partial charge in [0.1, 0.15) is 29.4 Å². The van der Waals surface area contributed by atoms with E-state index in [0.29, 0.717) is 28.7 Å². The number of aromatic nitrogens is 4. The van der Waals surface area contributed by atoms with Gasteiger partial charge >= 0.3 is 0 Å². The molecule has 2 aromatic heterocycles. The number of nitrogens with one attached hydrogen (secondary N) is 1. The number of hydrogen-bond donors (Lipinski definition) is 2. The van der Waals surface area contributed by atoms with Crippen LogP contribution in [0.25, 0.3) is 22.3 Å². The first-order valence-electron chi connectivity index (χ1n) is 12.5. The molecule has 0 aliphatic heterocycles. The Morgan fingerprint density at radius 2 is 2.00 bits per heavy atom. The minimum atomic E-state index is -1.14. The van der Waals surface area contributed by atoms with Crippen LogP contribution in [-0.4, -0.2) is 31.7 Å². The molecule has 1 amide bonds. The maximum Gasteiger partial charge on any atom is 0.243 e. The summed E-state index contributed by atoms with van der Waals surface area (Å²) in [4.78, 5) is 20.1. The zero-order valence-electron chi connectivity index (χ0n) is 21.5. The van der Waals surface area contributed by atoms with E-state index in [0.717, 1.165) is 31.4 Å². The summed E-state index contributed by atoms with van der Waals surface area (Å²) in [6.07, 6.45) is 5.03. The summed E-state index contributed by atoms with van der Waals surface area (Å²) in [5.74, 6) is -3.04. The first kappa shape index (κ1) is 26.2. The number of halogens is 3. The lowest BCUT2D eigenvalue weighted by Gasteiger charge is -2.13. The van der Waals surface area contributed by atoms with E-state index < -0.39 is 17.5 Å². The molecule has 202 valence electrons. The van der Waals surface area contributed by atoms with Crippen molar-refractivity contribution in [2.75, 3.05) is 5.73 Å². The number of carbonyl (C=O) groups excluding carboxylic acids is 1. The Morgan fingerprint density at radius 3 is 2.74 bits per heavy atom. The van der Waals surface area contributed by atoms with E-state index in [1.807, 2.05) is 0 Å². The number of amides is 1. The number of nitrogens with two attached hydrogens (primary N) is 1. The SMILES string of the molecule is C=CC(=O)NC1CCC(Cn2nc(-c3ccc(Oc4c(C)c(C)cc(F)c4F)cc3F)c3c(N)ncnc32)C1. The second kappa shape index (κ2) is 10.4. The summed E-state index contributed by atoms with van der Waals surface area (Å²) in [6.45, 7) is 7.21. The first-order chi connectivity index (χ1) is 18.7. The van der Waals surface area contributed by atoms with Gasteiger partial charge in [0.05, 0.1) is 5.39 Å². The van der Waals surface area contributed by atoms with E-state index in [2.05, 4.69) is 27.0 Å². The number of nitrogens with zero attached hydrogens (tertiary/aromatic N) is 4. The highest BCUT2D eigenvalue weighted by molar-refractivity contribution is 5.98. The predicted molar refractivity (Wildman–Crippen MR) is 141 cm³/mol. The lowest BCUT2D eigenvalue weighted by molar-refractivity contribution is -0.117. The summed E-state index contributed by atoms with van der Waals surface area (Å²) in [7, 11) is 0. The number of anilines is 1. The third kappa shape index (κ3) is 5.04. The number of nitrogen functional groups attached to an aromatic ring is 1. The molecule has 8 nitrogen and oxygen atoms in total. The normalized spacial score (nSPS) is 16.9. The zero-order valence-corrected chi connectivity index (χ0v) is 21.5. The van der Waals surface area contributed by atoms with Crippen LogP contribution in [0.1, 0.15) is 30.4 Å². The van der Waals surface area contributed by atoms with Crippen molar-refractivity contribution >= 4 is 22.8 Å². The minimum absolute atomic E-state index is 0.00483. The average Bonchev–Trinajstić information content (AvgIpc) is 3.50. The minimum Gasteiger partial charge on any atom is -0.454 e. The standard InChI is InChI=1S/C28H27F3N6O2/c1-4-22(38)35-17-6-5-16(10-17)12-37-28-23(27(32)33-13-34-28)25(36-37)19-8-7-18(11-20(19)29)39-26-15(3)14(2)9-21(30)24(26)31/h4,7-9,11,13,16-17H,1,5-6,10,12H2,2-3H3,(H,35,38)(H2,32,33,34). The fourth-order valence-corrected chi connectivity index (χ4v) is 5.03. The van der Waals surface area contributed by atoms with Crippen LogP contribution in [0.3, 0.4) is 0 Å². The topological polar surface area (TPSA) is 108 Å². The van der Waals surface area contributed by atoms with Gasteiger partial charge in [0, 0.05) is 24.2 Å². The molecule has 2 heterocycles. The molecule has 2 aromatic carbocycles. The molecule has 2 unspecified atom stereocenters. The number of aryl methyl sites for hydroxylation is 1. The molecule has 2 atom stereocenters. The molecular weight excluding hydrogens is 509 g/mol. The molecule has 11 heteroatoms. The number of ether oxygens (including phenoxy) is 1. The molecule has 3 N–H and O–H groups in total. The van der Waals surface area contributed by atoms with E-state index in [9.17, 15) is 13.6 Å². The van der Waals surface area contributed by atoms with Crippen LogP contribution in [0, 0.1) is 37.2 Å². The maximum atomic E-state index is 15.5. The van der Waals surface area contributed by atoms with Crippen LogP contribution >= 0.6 is 0 Å². The maximum absolute atomic E-state index is 15.5. The van der Waals surface area contributed by atoms with Crippen LogP contribution in [-0.2, 0) is 11.3 Å². The van der Waals surface area contributed by atoms with Crippen molar-refractivity contribution in [3.05, 3.63) is 71.8 Å². The zero-order chi connectivity index (χ0) is 27.8. The van der Waals surface area contributed by atoms with Gasteiger partial charge in [-0.25, -0.2) is 23.4 Å². The first-order valence-corrected chi connectivity index (χ1v) is 12.5. The highest BCUT2D eigenvalue weighted by Gasteiger charge is 2.28. The van der Waals surface area contributed by atoms with Crippen molar-refractivity contribution in [2.24, 2.45) is 5.92 Å². The van der Waals surface area contributed by atoms with Gasteiger partial charge in [-0.2, -0.15) is 9.49 Å². The predicted octanol–water partition coefficient (Wildman–Crippen LogP) is 5.37. The van der Waals surface area contributed by atoms with Crippen molar-refractivity contribution in [3.63, 3.8) is 0 Å². The summed E-state index contributed by atoms with van der Waals surface area (Å²) < 4.78 is 51.0. The molecule has 0 spiro atoms. The molecule has 1 fully saturated rings. The third-order valence-electron chi connectivity index (χ3n) is 7.16. The van der Waals surface area contributed by atoms with Crippen molar-refractivity contribution in [1.29, 1.82) is 0 Å². The average molecular weight is 537 g/mol. The number of rotatable bonds is 7. The van der Waals surface area contributed by atoms with E-state index in [1.54, 1.807) is 18.5 Å². The van der Waals surface area contributed by atoms with Gasteiger partial charge in [-0.15, -0.1) is 0 Å². The molecule has 0 bridgehead atoms. The number of benzene rings is 2. The Labute approximate surface area is 222 Å². The number of hydrogen-bond acceptors (Lipinski definition) is 6. The van der Waals surface area contributed by atoms with Crippen LogP contribution in [0.5, 0.6) is 11.5 Å². The molecule has 1 aliphatic carbocycles. The summed E-state index contributed by atoms with van der Waals surface area (Å²) >= 11 is 0. The van der Waals surface area contributed by atoms with Crippen molar-refractivity contribution in [1.82, 2.24) is 25.1 Å². The molecule has 1 saturated carbocycles. The Kier molecular flexibility index (Phi) is 6.98. The van der Waals surface area contributed by atoms with Crippen LogP contribution in [0.15, 0.2) is 43.2 Å². The fourth-order valence-electron chi connectivity index (χ4n) is 5.03. The molecule has 39 heavy (non-hydrogen) atoms. The van der Waals surface area contributed by atoms with E-state index in [-0.39, 0.29) is 46.4 Å². The van der Waals surface area contributed by atoms with Gasteiger partial charge in [-0.05, 0) is 74.4 Å². The Hall–Kier alpha value is -4.41. The van der Waals surface area contributed by atoms with Crippen molar-refractivity contribution in [2.45, 2.75) is 45.7 Å². The molecule has 0 saturated heterocycles. The van der Waals surface area contributed by atoms with Gasteiger partial charge in [-0.1, -0.05) is 6.58 Å². The second-order valence-corrected chi connectivity index (χ2v) is 9.76. The molecular formula is C28H27F3N6O2. The van der Waals surface area contributed by atoms with Gasteiger partial charge in [-0.3, -0.25) is 4.79 Å². The second-order valence-electron chi connectivity index (χ2n) is 9.76. The van der Waals surface area contributed by atoms with Crippen molar-refractivity contribution < 1.29 is 22.7 Å². The molecule has 5 rings (SSSR count). The lowest BCUT2D eigenvalue weighted by atomic mass is 10.1. The Bertz CT molecular complexity index is 1580. The van der Waals surface area contributed by atoms with E-state index >= 15 is 4.39 Å². The van der Waals surface area contributed by atoms with Gasteiger partial charge in [0.25, 0.3) is 0 Å². The Morgan fingerprint density at radius 1 is 1.21 bits per heavy atom. The van der Waals surface area contributed by atoms with Crippen LogP contribution in [0.2, 0.25) is 0 Å². The highest BCUT2D eigenvalue weighted by atomic mass is 19.2. The molecule has 1 aliphatic rings. The number of carbonyl (C=O) groups is 1. The van der Waals surface area contributed by atoms with Gasteiger partial charge in [0.15, 0.2) is 17.2 Å². The monoisotopic (exact) mass is 536 g/mol.